The van der Waals surface area contributed by atoms with Gasteiger partial charge in [-0.2, -0.15) is 0 Å². The first-order valence-corrected chi connectivity index (χ1v) is 12.5. The van der Waals surface area contributed by atoms with Crippen molar-refractivity contribution in [2.24, 2.45) is 0 Å². The molecule has 1 aliphatic rings. The molecule has 37 heavy (non-hydrogen) atoms. The number of rotatable bonds is 8. The van der Waals surface area contributed by atoms with Gasteiger partial charge in [0.15, 0.2) is 6.61 Å². The summed E-state index contributed by atoms with van der Waals surface area (Å²) in [4.78, 5) is 44.2. The maximum absolute atomic E-state index is 13.1. The number of nitrogens with zero attached hydrogens (tertiary/aromatic N) is 5. The molecule has 0 radical (unpaired) electrons. The van der Waals surface area contributed by atoms with E-state index in [4.69, 9.17) is 14.3 Å². The second-order valence-electron chi connectivity index (χ2n) is 10.3. The highest BCUT2D eigenvalue weighted by Gasteiger charge is 2.30. The third kappa shape index (κ3) is 7.87. The predicted molar refractivity (Wildman–Crippen MR) is 140 cm³/mol. The van der Waals surface area contributed by atoms with Gasteiger partial charge in [0, 0.05) is 32.7 Å². The summed E-state index contributed by atoms with van der Waals surface area (Å²) in [7, 11) is 3.46. The Kier molecular flexibility index (Phi) is 9.45. The molecule has 0 spiro atoms. The highest BCUT2D eigenvalue weighted by atomic mass is 16.7. The van der Waals surface area contributed by atoms with Crippen molar-refractivity contribution >= 4 is 17.7 Å². The monoisotopic (exact) mass is 513 g/mol. The molecule has 0 saturated carbocycles. The van der Waals surface area contributed by atoms with Crippen LogP contribution in [0.2, 0.25) is 0 Å². The number of carbonyl (C=O) groups is 2. The van der Waals surface area contributed by atoms with Crippen LogP contribution in [0.3, 0.4) is 0 Å². The van der Waals surface area contributed by atoms with E-state index in [1.54, 1.807) is 53.7 Å². The van der Waals surface area contributed by atoms with Gasteiger partial charge < -0.3 is 14.4 Å². The molecule has 2 aromatic rings. The Morgan fingerprint density at radius 2 is 1.76 bits per heavy atom. The number of methoxy groups -OCH3 is 1. The normalized spacial score (nSPS) is 14.8. The van der Waals surface area contributed by atoms with Gasteiger partial charge in [-0.15, -0.1) is 5.06 Å². The molecule has 1 fully saturated rings. The molecule has 3 rings (SSSR count). The number of anilines is 1. The highest BCUT2D eigenvalue weighted by molar-refractivity contribution is 5.87. The van der Waals surface area contributed by atoms with Gasteiger partial charge in [0.25, 0.3) is 5.91 Å². The number of likely N-dealkylation sites (N-methyl/N-ethyl adjacent to an activating group) is 1. The van der Waals surface area contributed by atoms with Gasteiger partial charge in [-0.25, -0.2) is 14.8 Å². The number of ether oxygens (including phenoxy) is 2. The van der Waals surface area contributed by atoms with E-state index in [-0.39, 0.29) is 18.6 Å². The SMILES string of the molecule is COc1cccc(CN2CCC(N(C)C(=O)CON(C(=O)OC(C)(C)C)c3c(C)ncnc3C)CC2)c1. The van der Waals surface area contributed by atoms with Crippen molar-refractivity contribution < 1.29 is 23.9 Å². The number of aryl methyl sites for hydroxylation is 2. The summed E-state index contributed by atoms with van der Waals surface area (Å²) < 4.78 is 10.8. The number of hydroxylamine groups is 1. The topological polar surface area (TPSA) is 97.3 Å². The van der Waals surface area contributed by atoms with Crippen molar-refractivity contribution in [2.75, 3.05) is 38.9 Å². The molecule has 2 heterocycles. The highest BCUT2D eigenvalue weighted by Crippen LogP contribution is 2.25. The maximum atomic E-state index is 13.1. The van der Waals surface area contributed by atoms with Crippen LogP contribution in [0.25, 0.3) is 0 Å². The predicted octanol–water partition coefficient (Wildman–Crippen LogP) is 3.90. The van der Waals surface area contributed by atoms with Crippen molar-refractivity contribution in [2.45, 2.75) is 65.6 Å². The first kappa shape index (κ1) is 28.3. The Bertz CT molecular complexity index is 1060. The lowest BCUT2D eigenvalue weighted by atomic mass is 10.0. The molecule has 1 saturated heterocycles. The molecule has 0 aliphatic carbocycles. The standard InChI is InChI=1S/C27H39N5O5/c1-19-25(20(2)29-18-28-19)32(26(34)37-27(3,4)5)36-17-24(33)30(6)22-11-13-31(14-12-22)16-21-9-8-10-23(15-21)35-7/h8-10,15,18,22H,11-14,16-17H2,1-7H3. The van der Waals surface area contributed by atoms with Crippen molar-refractivity contribution in [1.82, 2.24) is 19.8 Å². The van der Waals surface area contributed by atoms with Crippen molar-refractivity contribution in [3.63, 3.8) is 0 Å². The number of hydrogen-bond acceptors (Lipinski definition) is 8. The van der Waals surface area contributed by atoms with E-state index in [9.17, 15) is 9.59 Å². The second kappa shape index (κ2) is 12.3. The number of aromatic nitrogens is 2. The fourth-order valence-electron chi connectivity index (χ4n) is 4.31. The molecule has 1 aromatic carbocycles. The second-order valence-corrected chi connectivity index (χ2v) is 10.3. The number of amides is 2. The molecular weight excluding hydrogens is 474 g/mol. The lowest BCUT2D eigenvalue weighted by Gasteiger charge is -2.37. The summed E-state index contributed by atoms with van der Waals surface area (Å²) in [5.41, 5.74) is 1.92. The molecule has 202 valence electrons. The Balaban J connectivity index is 1.59. The van der Waals surface area contributed by atoms with Crippen LogP contribution in [-0.2, 0) is 20.9 Å². The zero-order valence-corrected chi connectivity index (χ0v) is 23.0. The summed E-state index contributed by atoms with van der Waals surface area (Å²) in [5, 5.41) is 0.998. The van der Waals surface area contributed by atoms with Gasteiger partial charge in [0.2, 0.25) is 0 Å². The molecule has 0 atom stereocenters. The van der Waals surface area contributed by atoms with Crippen LogP contribution in [0.4, 0.5) is 10.5 Å². The maximum Gasteiger partial charge on any atom is 0.439 e. The molecule has 2 amide bonds. The smallest absolute Gasteiger partial charge is 0.439 e. The van der Waals surface area contributed by atoms with E-state index in [1.807, 2.05) is 12.1 Å². The first-order chi connectivity index (χ1) is 17.5. The Morgan fingerprint density at radius 3 is 2.35 bits per heavy atom. The van der Waals surface area contributed by atoms with Crippen LogP contribution < -0.4 is 9.80 Å². The summed E-state index contributed by atoms with van der Waals surface area (Å²) >= 11 is 0. The number of carbonyl (C=O) groups excluding carboxylic acids is 2. The largest absolute Gasteiger partial charge is 0.497 e. The molecule has 10 heteroatoms. The van der Waals surface area contributed by atoms with Gasteiger partial charge >= 0.3 is 6.09 Å². The minimum atomic E-state index is -0.740. The summed E-state index contributed by atoms with van der Waals surface area (Å²) in [6.45, 7) is 11.1. The van der Waals surface area contributed by atoms with Crippen molar-refractivity contribution in [3.8, 4) is 5.75 Å². The van der Waals surface area contributed by atoms with Crippen LogP contribution in [-0.4, -0.2) is 77.3 Å². The molecule has 1 aliphatic heterocycles. The minimum absolute atomic E-state index is 0.0937. The molecule has 0 unspecified atom stereocenters. The van der Waals surface area contributed by atoms with Gasteiger partial charge in [0.1, 0.15) is 23.4 Å². The average Bonchev–Trinajstić information content (AvgIpc) is 2.84. The molecule has 0 N–H and O–H groups in total. The van der Waals surface area contributed by atoms with Crippen LogP contribution in [0.5, 0.6) is 5.75 Å². The Morgan fingerprint density at radius 1 is 1.11 bits per heavy atom. The lowest BCUT2D eigenvalue weighted by Crippen LogP contribution is -2.47. The van der Waals surface area contributed by atoms with Crippen LogP contribution >= 0.6 is 0 Å². The Hall–Kier alpha value is -3.24. The number of benzene rings is 1. The molecule has 10 nitrogen and oxygen atoms in total. The van der Waals surface area contributed by atoms with Crippen LogP contribution in [0.15, 0.2) is 30.6 Å². The van der Waals surface area contributed by atoms with Crippen LogP contribution in [0, 0.1) is 13.8 Å². The summed E-state index contributed by atoms with van der Waals surface area (Å²) in [5.74, 6) is 0.637. The number of likely N-dealkylation sites (tertiary alicyclic amines) is 1. The number of hydrogen-bond donors (Lipinski definition) is 0. The summed E-state index contributed by atoms with van der Waals surface area (Å²) in [6, 6.07) is 8.18. The quantitative estimate of drug-likeness (QED) is 0.491. The van der Waals surface area contributed by atoms with E-state index in [2.05, 4.69) is 27.0 Å². The minimum Gasteiger partial charge on any atom is -0.497 e. The molecular formula is C27H39N5O5. The van der Waals surface area contributed by atoms with Gasteiger partial charge in [0.05, 0.1) is 18.5 Å². The van der Waals surface area contributed by atoms with Gasteiger partial charge in [-0.3, -0.25) is 14.5 Å². The van der Waals surface area contributed by atoms with Crippen LogP contribution in [0.1, 0.15) is 50.6 Å². The Labute approximate surface area is 219 Å². The number of piperidine rings is 1. The van der Waals surface area contributed by atoms with Crippen molar-refractivity contribution in [1.29, 1.82) is 0 Å². The van der Waals surface area contributed by atoms with Gasteiger partial charge in [-0.1, -0.05) is 12.1 Å². The lowest BCUT2D eigenvalue weighted by molar-refractivity contribution is -0.138. The van der Waals surface area contributed by atoms with E-state index in [0.717, 1.165) is 43.3 Å². The molecule has 1 aromatic heterocycles. The fourth-order valence-corrected chi connectivity index (χ4v) is 4.31. The zero-order chi connectivity index (χ0) is 27.2. The molecule has 0 bridgehead atoms. The van der Waals surface area contributed by atoms with E-state index < -0.39 is 11.7 Å². The van der Waals surface area contributed by atoms with Gasteiger partial charge in [-0.05, 0) is 65.2 Å². The average molecular weight is 514 g/mol. The third-order valence-corrected chi connectivity index (χ3v) is 6.31. The fraction of sp³-hybridized carbons (Fsp3) is 0.556. The van der Waals surface area contributed by atoms with E-state index >= 15 is 0 Å². The first-order valence-electron chi connectivity index (χ1n) is 12.5. The third-order valence-electron chi connectivity index (χ3n) is 6.31. The zero-order valence-electron chi connectivity index (χ0n) is 23.0. The van der Waals surface area contributed by atoms with Crippen molar-refractivity contribution in [3.05, 3.63) is 47.5 Å². The summed E-state index contributed by atoms with van der Waals surface area (Å²) in [6.07, 6.45) is 2.40. The van der Waals surface area contributed by atoms with E-state index in [0.29, 0.717) is 17.1 Å². The van der Waals surface area contributed by atoms with E-state index in [1.165, 1.54) is 11.9 Å².